The lowest BCUT2D eigenvalue weighted by atomic mass is 10.1. The maximum absolute atomic E-state index is 12.8. The van der Waals surface area contributed by atoms with E-state index in [-0.39, 0.29) is 18.0 Å². The molecule has 0 radical (unpaired) electrons. The Labute approximate surface area is 170 Å². The van der Waals surface area contributed by atoms with Crippen LogP contribution in [0, 0.1) is 0 Å². The van der Waals surface area contributed by atoms with Crippen molar-refractivity contribution in [3.63, 3.8) is 0 Å². The standard InChI is InChI=1S/C22H17N5O3/c28-19(25-17-8-3-1-6-15(17)12-27-11-5-10-24-27)13-26-14-23-20-16-7-2-4-9-18(16)30-21(20)22(26)29/h1-11,14H,12-13H2,(H,25,28). The van der Waals surface area contributed by atoms with Crippen LogP contribution in [0.3, 0.4) is 0 Å². The first-order valence-electron chi connectivity index (χ1n) is 9.41. The number of nitrogens with zero attached hydrogens (tertiary/aromatic N) is 4. The Hall–Kier alpha value is -4.20. The third-order valence-corrected chi connectivity index (χ3v) is 4.85. The number of amides is 1. The first kappa shape index (κ1) is 17.9. The summed E-state index contributed by atoms with van der Waals surface area (Å²) in [5.74, 6) is -0.331. The Morgan fingerprint density at radius 2 is 1.90 bits per heavy atom. The van der Waals surface area contributed by atoms with Crippen LogP contribution in [0.2, 0.25) is 0 Å². The number of benzene rings is 2. The van der Waals surface area contributed by atoms with E-state index in [1.807, 2.05) is 54.7 Å². The number of anilines is 1. The number of para-hydroxylation sites is 2. The molecule has 0 atom stereocenters. The molecular formula is C22H17N5O3. The quantitative estimate of drug-likeness (QED) is 0.490. The molecule has 5 rings (SSSR count). The minimum absolute atomic E-state index is 0.144. The van der Waals surface area contributed by atoms with Gasteiger partial charge in [0, 0.05) is 23.5 Å². The molecule has 0 aliphatic heterocycles. The predicted molar refractivity (Wildman–Crippen MR) is 112 cm³/mol. The third kappa shape index (κ3) is 3.24. The van der Waals surface area contributed by atoms with Gasteiger partial charge in [-0.1, -0.05) is 30.3 Å². The van der Waals surface area contributed by atoms with Gasteiger partial charge in [-0.3, -0.25) is 18.8 Å². The largest absolute Gasteiger partial charge is 0.448 e. The summed E-state index contributed by atoms with van der Waals surface area (Å²) in [6.45, 7) is 0.352. The lowest BCUT2D eigenvalue weighted by Crippen LogP contribution is -2.28. The molecule has 1 N–H and O–H groups in total. The number of hydrogen-bond acceptors (Lipinski definition) is 5. The second-order valence-corrected chi connectivity index (χ2v) is 6.86. The molecule has 0 aliphatic carbocycles. The molecule has 8 heteroatoms. The second kappa shape index (κ2) is 7.32. The Morgan fingerprint density at radius 3 is 2.77 bits per heavy atom. The van der Waals surface area contributed by atoms with Crippen molar-refractivity contribution in [2.45, 2.75) is 13.1 Å². The van der Waals surface area contributed by atoms with Gasteiger partial charge in [0.1, 0.15) is 17.6 Å². The Kier molecular flexibility index (Phi) is 4.36. The van der Waals surface area contributed by atoms with Crippen molar-refractivity contribution in [3.8, 4) is 0 Å². The van der Waals surface area contributed by atoms with Crippen LogP contribution in [0.1, 0.15) is 5.56 Å². The van der Waals surface area contributed by atoms with Gasteiger partial charge in [-0.2, -0.15) is 5.10 Å². The lowest BCUT2D eigenvalue weighted by molar-refractivity contribution is -0.116. The molecule has 8 nitrogen and oxygen atoms in total. The summed E-state index contributed by atoms with van der Waals surface area (Å²) in [5.41, 5.74) is 2.42. The number of furan rings is 1. The number of aromatic nitrogens is 4. The Morgan fingerprint density at radius 1 is 1.07 bits per heavy atom. The van der Waals surface area contributed by atoms with Crippen molar-refractivity contribution in [3.05, 3.63) is 89.2 Å². The highest BCUT2D eigenvalue weighted by Crippen LogP contribution is 2.24. The van der Waals surface area contributed by atoms with E-state index in [9.17, 15) is 9.59 Å². The molecule has 0 saturated heterocycles. The zero-order valence-corrected chi connectivity index (χ0v) is 15.9. The van der Waals surface area contributed by atoms with Gasteiger partial charge in [0.25, 0.3) is 5.56 Å². The first-order valence-corrected chi connectivity index (χ1v) is 9.41. The maximum atomic E-state index is 12.8. The summed E-state index contributed by atoms with van der Waals surface area (Å²) in [5, 5.41) is 7.85. The average molecular weight is 399 g/mol. The van der Waals surface area contributed by atoms with E-state index in [0.717, 1.165) is 10.9 Å². The first-order chi connectivity index (χ1) is 14.7. The lowest BCUT2D eigenvalue weighted by Gasteiger charge is -2.12. The number of carbonyl (C=O) groups is 1. The molecule has 0 unspecified atom stereocenters. The zero-order valence-electron chi connectivity index (χ0n) is 15.9. The minimum atomic E-state index is -0.392. The Bertz CT molecular complexity index is 1420. The van der Waals surface area contributed by atoms with E-state index in [2.05, 4.69) is 15.4 Å². The molecule has 0 spiro atoms. The van der Waals surface area contributed by atoms with Gasteiger partial charge in [-0.25, -0.2) is 4.98 Å². The van der Waals surface area contributed by atoms with Gasteiger partial charge in [0.15, 0.2) is 0 Å². The molecule has 3 aromatic heterocycles. The van der Waals surface area contributed by atoms with Crippen LogP contribution in [0.15, 0.2) is 82.5 Å². The van der Waals surface area contributed by atoms with Crippen molar-refractivity contribution >= 4 is 33.7 Å². The maximum Gasteiger partial charge on any atom is 0.297 e. The summed E-state index contributed by atoms with van der Waals surface area (Å²) >= 11 is 0. The molecule has 3 heterocycles. The number of hydrogen-bond donors (Lipinski definition) is 1. The molecule has 5 aromatic rings. The third-order valence-electron chi connectivity index (χ3n) is 4.85. The van der Waals surface area contributed by atoms with Crippen LogP contribution in [0.4, 0.5) is 5.69 Å². The van der Waals surface area contributed by atoms with Crippen molar-refractivity contribution in [1.29, 1.82) is 0 Å². The van der Waals surface area contributed by atoms with Gasteiger partial charge in [0.05, 0.1) is 12.9 Å². The summed E-state index contributed by atoms with van der Waals surface area (Å²) in [4.78, 5) is 29.8. The van der Waals surface area contributed by atoms with Crippen LogP contribution in [-0.2, 0) is 17.9 Å². The second-order valence-electron chi connectivity index (χ2n) is 6.86. The van der Waals surface area contributed by atoms with E-state index in [4.69, 9.17) is 4.42 Å². The molecule has 0 bridgehead atoms. The zero-order chi connectivity index (χ0) is 20.5. The van der Waals surface area contributed by atoms with Gasteiger partial charge in [0.2, 0.25) is 11.5 Å². The van der Waals surface area contributed by atoms with Crippen molar-refractivity contribution in [2.75, 3.05) is 5.32 Å². The number of nitrogens with one attached hydrogen (secondary N) is 1. The molecule has 2 aromatic carbocycles. The summed E-state index contributed by atoms with van der Waals surface area (Å²) in [6, 6.07) is 16.6. The molecule has 0 aliphatic rings. The van der Waals surface area contributed by atoms with Crippen LogP contribution in [0.5, 0.6) is 0 Å². The molecule has 0 saturated carbocycles. The van der Waals surface area contributed by atoms with Crippen molar-refractivity contribution in [1.82, 2.24) is 19.3 Å². The smallest absolute Gasteiger partial charge is 0.297 e. The van der Waals surface area contributed by atoms with Gasteiger partial charge >= 0.3 is 0 Å². The van der Waals surface area contributed by atoms with E-state index in [1.54, 1.807) is 16.9 Å². The molecular weight excluding hydrogens is 382 g/mol. The minimum Gasteiger partial charge on any atom is -0.448 e. The van der Waals surface area contributed by atoms with E-state index < -0.39 is 5.56 Å². The fraction of sp³-hybridized carbons (Fsp3) is 0.0909. The van der Waals surface area contributed by atoms with Gasteiger partial charge < -0.3 is 9.73 Å². The molecule has 1 amide bonds. The molecule has 148 valence electrons. The summed E-state index contributed by atoms with van der Waals surface area (Å²) < 4.78 is 8.68. The van der Waals surface area contributed by atoms with Crippen LogP contribution >= 0.6 is 0 Å². The summed E-state index contributed by atoms with van der Waals surface area (Å²) in [7, 11) is 0. The van der Waals surface area contributed by atoms with E-state index in [0.29, 0.717) is 23.3 Å². The topological polar surface area (TPSA) is 95.0 Å². The van der Waals surface area contributed by atoms with Crippen LogP contribution < -0.4 is 10.9 Å². The Balaban J connectivity index is 1.40. The summed E-state index contributed by atoms with van der Waals surface area (Å²) in [6.07, 6.45) is 4.93. The van der Waals surface area contributed by atoms with Crippen molar-refractivity contribution < 1.29 is 9.21 Å². The van der Waals surface area contributed by atoms with Gasteiger partial charge in [-0.15, -0.1) is 0 Å². The molecule has 0 fully saturated rings. The highest BCUT2D eigenvalue weighted by atomic mass is 16.3. The highest BCUT2D eigenvalue weighted by Gasteiger charge is 2.15. The average Bonchev–Trinajstić information content (AvgIpc) is 3.39. The molecule has 30 heavy (non-hydrogen) atoms. The van der Waals surface area contributed by atoms with E-state index in [1.165, 1.54) is 10.9 Å². The predicted octanol–water partition coefficient (Wildman–Crippen LogP) is 3.03. The van der Waals surface area contributed by atoms with E-state index >= 15 is 0 Å². The highest BCUT2D eigenvalue weighted by molar-refractivity contribution is 6.01. The normalized spacial score (nSPS) is 11.2. The number of carbonyl (C=O) groups excluding carboxylic acids is 1. The fourth-order valence-corrected chi connectivity index (χ4v) is 3.42. The number of rotatable bonds is 5. The van der Waals surface area contributed by atoms with Crippen molar-refractivity contribution in [2.24, 2.45) is 0 Å². The fourth-order valence-electron chi connectivity index (χ4n) is 3.42. The monoisotopic (exact) mass is 399 g/mol. The number of fused-ring (bicyclic) bond motifs is 3. The van der Waals surface area contributed by atoms with Gasteiger partial charge in [-0.05, 0) is 29.8 Å². The van der Waals surface area contributed by atoms with Crippen LogP contribution in [0.25, 0.3) is 22.1 Å². The van der Waals surface area contributed by atoms with Crippen LogP contribution in [-0.4, -0.2) is 25.2 Å². The SMILES string of the molecule is O=C(Cn1cnc2c(oc3ccccc32)c1=O)Nc1ccccc1Cn1cccn1.